The van der Waals surface area contributed by atoms with Crippen LogP contribution in [-0.4, -0.2) is 18.7 Å². The highest BCUT2D eigenvalue weighted by molar-refractivity contribution is 5.70. The van der Waals surface area contributed by atoms with Gasteiger partial charge in [0.15, 0.2) is 0 Å². The average molecular weight is 284 g/mol. The second kappa shape index (κ2) is 7.60. The molecule has 0 aliphatic rings. The standard InChI is InChI=1S/C18H20O3/c1-14(2)21-17(19)13-20-18(15-9-5-3-6-10-15)16-11-7-4-8-12-16/h3-12,14,18H,13H2,1-2H3. The van der Waals surface area contributed by atoms with Gasteiger partial charge in [0.25, 0.3) is 0 Å². The van der Waals surface area contributed by atoms with Crippen LogP contribution in [0.15, 0.2) is 60.7 Å². The van der Waals surface area contributed by atoms with E-state index in [0.717, 1.165) is 11.1 Å². The third kappa shape index (κ3) is 4.72. The Labute approximate surface area is 125 Å². The topological polar surface area (TPSA) is 35.5 Å². The van der Waals surface area contributed by atoms with Crippen LogP contribution in [0.3, 0.4) is 0 Å². The van der Waals surface area contributed by atoms with Crippen molar-refractivity contribution in [1.29, 1.82) is 0 Å². The molecule has 0 bridgehead atoms. The van der Waals surface area contributed by atoms with E-state index in [2.05, 4.69) is 0 Å². The number of esters is 1. The lowest BCUT2D eigenvalue weighted by atomic mass is 10.0. The van der Waals surface area contributed by atoms with Crippen LogP contribution in [0.2, 0.25) is 0 Å². The highest BCUT2D eigenvalue weighted by atomic mass is 16.6. The summed E-state index contributed by atoms with van der Waals surface area (Å²) in [4.78, 5) is 11.7. The molecule has 0 spiro atoms. The third-order valence-electron chi connectivity index (χ3n) is 2.94. The molecule has 3 nitrogen and oxygen atoms in total. The molecular formula is C18H20O3. The van der Waals surface area contributed by atoms with Crippen molar-refractivity contribution in [2.45, 2.75) is 26.1 Å². The number of carbonyl (C=O) groups is 1. The van der Waals surface area contributed by atoms with Gasteiger partial charge in [-0.25, -0.2) is 4.79 Å². The van der Waals surface area contributed by atoms with Crippen LogP contribution in [0.5, 0.6) is 0 Å². The molecule has 21 heavy (non-hydrogen) atoms. The zero-order valence-corrected chi connectivity index (χ0v) is 12.4. The first-order valence-corrected chi connectivity index (χ1v) is 7.08. The molecule has 2 aromatic rings. The van der Waals surface area contributed by atoms with E-state index in [1.54, 1.807) is 0 Å². The predicted octanol–water partition coefficient (Wildman–Crippen LogP) is 3.74. The van der Waals surface area contributed by atoms with E-state index >= 15 is 0 Å². The van der Waals surface area contributed by atoms with Crippen LogP contribution >= 0.6 is 0 Å². The summed E-state index contributed by atoms with van der Waals surface area (Å²) in [5.74, 6) is -0.345. The van der Waals surface area contributed by atoms with E-state index in [-0.39, 0.29) is 24.8 Å². The second-order valence-electron chi connectivity index (χ2n) is 5.05. The van der Waals surface area contributed by atoms with Crippen molar-refractivity contribution in [2.75, 3.05) is 6.61 Å². The minimum Gasteiger partial charge on any atom is -0.461 e. The summed E-state index contributed by atoms with van der Waals surface area (Å²) >= 11 is 0. The first-order valence-electron chi connectivity index (χ1n) is 7.08. The molecule has 0 N–H and O–H groups in total. The Hall–Kier alpha value is -2.13. The predicted molar refractivity (Wildman–Crippen MR) is 81.9 cm³/mol. The van der Waals surface area contributed by atoms with Crippen molar-refractivity contribution < 1.29 is 14.3 Å². The highest BCUT2D eigenvalue weighted by Crippen LogP contribution is 2.25. The van der Waals surface area contributed by atoms with Gasteiger partial charge in [-0.05, 0) is 25.0 Å². The Bertz CT molecular complexity index is 510. The fourth-order valence-corrected chi connectivity index (χ4v) is 2.09. The summed E-state index contributed by atoms with van der Waals surface area (Å²) in [7, 11) is 0. The van der Waals surface area contributed by atoms with Gasteiger partial charge in [0.2, 0.25) is 0 Å². The molecule has 0 atom stereocenters. The molecule has 0 heterocycles. The first-order chi connectivity index (χ1) is 10.2. The molecule has 0 saturated carbocycles. The average Bonchev–Trinajstić information content (AvgIpc) is 2.49. The summed E-state index contributed by atoms with van der Waals surface area (Å²) < 4.78 is 10.9. The second-order valence-corrected chi connectivity index (χ2v) is 5.05. The molecule has 0 radical (unpaired) electrons. The Morgan fingerprint density at radius 3 is 1.81 bits per heavy atom. The van der Waals surface area contributed by atoms with Gasteiger partial charge in [0.05, 0.1) is 6.10 Å². The number of hydrogen-bond acceptors (Lipinski definition) is 3. The van der Waals surface area contributed by atoms with E-state index in [4.69, 9.17) is 9.47 Å². The van der Waals surface area contributed by atoms with Crippen molar-refractivity contribution in [3.8, 4) is 0 Å². The smallest absolute Gasteiger partial charge is 0.332 e. The molecule has 0 amide bonds. The third-order valence-corrected chi connectivity index (χ3v) is 2.94. The Kier molecular flexibility index (Phi) is 5.52. The van der Waals surface area contributed by atoms with Gasteiger partial charge in [-0.2, -0.15) is 0 Å². The lowest BCUT2D eigenvalue weighted by Gasteiger charge is -2.19. The minimum absolute atomic E-state index is 0.0629. The maximum absolute atomic E-state index is 11.7. The van der Waals surface area contributed by atoms with E-state index in [9.17, 15) is 4.79 Å². The molecular weight excluding hydrogens is 264 g/mol. The summed E-state index contributed by atoms with van der Waals surface area (Å²) in [6.45, 7) is 3.58. The number of ether oxygens (including phenoxy) is 2. The van der Waals surface area contributed by atoms with E-state index in [1.165, 1.54) is 0 Å². The van der Waals surface area contributed by atoms with Gasteiger partial charge in [0.1, 0.15) is 12.7 Å². The summed E-state index contributed by atoms with van der Waals surface area (Å²) in [6.07, 6.45) is -0.403. The van der Waals surface area contributed by atoms with E-state index < -0.39 is 0 Å². The number of rotatable bonds is 6. The van der Waals surface area contributed by atoms with Gasteiger partial charge in [-0.1, -0.05) is 60.7 Å². The fourth-order valence-electron chi connectivity index (χ4n) is 2.09. The van der Waals surface area contributed by atoms with Crippen LogP contribution in [0, 0.1) is 0 Å². The van der Waals surface area contributed by atoms with E-state index in [1.807, 2.05) is 74.5 Å². The SMILES string of the molecule is CC(C)OC(=O)COC(c1ccccc1)c1ccccc1. The van der Waals surface area contributed by atoms with E-state index in [0.29, 0.717) is 0 Å². The Morgan fingerprint density at radius 1 is 0.905 bits per heavy atom. The quantitative estimate of drug-likeness (QED) is 0.758. The number of hydrogen-bond donors (Lipinski definition) is 0. The van der Waals surface area contributed by atoms with Gasteiger partial charge in [-0.3, -0.25) is 0 Å². The van der Waals surface area contributed by atoms with Crippen LogP contribution < -0.4 is 0 Å². The summed E-state index contributed by atoms with van der Waals surface area (Å²) in [5.41, 5.74) is 2.03. The van der Waals surface area contributed by atoms with Gasteiger partial charge in [-0.15, -0.1) is 0 Å². The normalized spacial score (nSPS) is 10.9. The summed E-state index contributed by atoms with van der Waals surface area (Å²) in [5, 5.41) is 0. The Morgan fingerprint density at radius 2 is 1.38 bits per heavy atom. The molecule has 0 unspecified atom stereocenters. The molecule has 0 aromatic heterocycles. The fraction of sp³-hybridized carbons (Fsp3) is 0.278. The largest absolute Gasteiger partial charge is 0.461 e. The zero-order chi connectivity index (χ0) is 15.1. The van der Waals surface area contributed by atoms with Gasteiger partial charge >= 0.3 is 5.97 Å². The molecule has 0 aliphatic carbocycles. The molecule has 0 saturated heterocycles. The highest BCUT2D eigenvalue weighted by Gasteiger charge is 2.16. The van der Waals surface area contributed by atoms with Crippen LogP contribution in [0.1, 0.15) is 31.1 Å². The maximum atomic E-state index is 11.7. The zero-order valence-electron chi connectivity index (χ0n) is 12.4. The van der Waals surface area contributed by atoms with Crippen molar-refractivity contribution in [1.82, 2.24) is 0 Å². The Balaban J connectivity index is 2.12. The van der Waals surface area contributed by atoms with Gasteiger partial charge in [0, 0.05) is 0 Å². The summed E-state index contributed by atoms with van der Waals surface area (Å²) in [6, 6.07) is 19.7. The molecule has 0 aliphatic heterocycles. The van der Waals surface area contributed by atoms with Gasteiger partial charge < -0.3 is 9.47 Å². The van der Waals surface area contributed by atoms with Crippen LogP contribution in [0.4, 0.5) is 0 Å². The molecule has 2 aromatic carbocycles. The number of carbonyl (C=O) groups excluding carboxylic acids is 1. The van der Waals surface area contributed by atoms with Crippen molar-refractivity contribution >= 4 is 5.97 Å². The molecule has 2 rings (SSSR count). The number of benzene rings is 2. The lowest BCUT2D eigenvalue weighted by Crippen LogP contribution is -2.19. The van der Waals surface area contributed by atoms with Crippen molar-refractivity contribution in [2.24, 2.45) is 0 Å². The van der Waals surface area contributed by atoms with Crippen LogP contribution in [-0.2, 0) is 14.3 Å². The van der Waals surface area contributed by atoms with Crippen LogP contribution in [0.25, 0.3) is 0 Å². The minimum atomic E-state index is -0.345. The van der Waals surface area contributed by atoms with Crippen molar-refractivity contribution in [3.05, 3.63) is 71.8 Å². The molecule has 0 fully saturated rings. The first kappa shape index (κ1) is 15.3. The molecule has 3 heteroatoms. The maximum Gasteiger partial charge on any atom is 0.332 e. The van der Waals surface area contributed by atoms with Crippen molar-refractivity contribution in [3.63, 3.8) is 0 Å². The molecule has 110 valence electrons. The monoisotopic (exact) mass is 284 g/mol. The lowest BCUT2D eigenvalue weighted by molar-refractivity contribution is -0.154.